The molecule has 1 aromatic carbocycles. The highest BCUT2D eigenvalue weighted by Gasteiger charge is 2.26. The minimum Gasteiger partial charge on any atom is -0.396 e. The summed E-state index contributed by atoms with van der Waals surface area (Å²) in [5.41, 5.74) is 2.03. The van der Waals surface area contributed by atoms with Crippen LogP contribution in [-0.4, -0.2) is 27.7 Å². The Balaban J connectivity index is 1.80. The van der Waals surface area contributed by atoms with Crippen molar-refractivity contribution in [2.75, 3.05) is 11.9 Å². The van der Waals surface area contributed by atoms with E-state index in [9.17, 15) is 5.11 Å². The van der Waals surface area contributed by atoms with Crippen LogP contribution in [0.3, 0.4) is 0 Å². The molecule has 0 bridgehead atoms. The molecule has 3 rings (SSSR count). The van der Waals surface area contributed by atoms with Gasteiger partial charge in [-0.25, -0.2) is 4.98 Å². The van der Waals surface area contributed by atoms with Crippen molar-refractivity contribution in [3.05, 3.63) is 24.3 Å². The maximum atomic E-state index is 9.28. The zero-order valence-corrected chi connectivity index (χ0v) is 9.69. The largest absolute Gasteiger partial charge is 0.396 e. The third-order valence-electron chi connectivity index (χ3n) is 3.61. The number of hydrogen-bond donors (Lipinski definition) is 3. The number of imidazole rings is 1. The Morgan fingerprint density at radius 3 is 3.06 bits per heavy atom. The number of aromatic amines is 1. The number of rotatable bonds is 3. The summed E-state index contributed by atoms with van der Waals surface area (Å²) in [7, 11) is 0. The SMILES string of the molecule is OCC1CCCC1Nc1nc2ccccc2[nH]1. The smallest absolute Gasteiger partial charge is 0.201 e. The van der Waals surface area contributed by atoms with Gasteiger partial charge in [-0.1, -0.05) is 18.6 Å². The lowest BCUT2D eigenvalue weighted by Gasteiger charge is -2.18. The third kappa shape index (κ3) is 2.00. The highest BCUT2D eigenvalue weighted by atomic mass is 16.3. The Labute approximate surface area is 100 Å². The highest BCUT2D eigenvalue weighted by molar-refractivity contribution is 5.77. The quantitative estimate of drug-likeness (QED) is 0.758. The average Bonchev–Trinajstić information content (AvgIpc) is 2.94. The van der Waals surface area contributed by atoms with Gasteiger partial charge in [-0.3, -0.25) is 0 Å². The van der Waals surface area contributed by atoms with Crippen LogP contribution >= 0.6 is 0 Å². The second kappa shape index (κ2) is 4.37. The van der Waals surface area contributed by atoms with Gasteiger partial charge in [0.1, 0.15) is 0 Å². The summed E-state index contributed by atoms with van der Waals surface area (Å²) in [5, 5.41) is 12.7. The molecular weight excluding hydrogens is 214 g/mol. The number of aliphatic hydroxyl groups excluding tert-OH is 1. The van der Waals surface area contributed by atoms with Crippen LogP contribution in [0.1, 0.15) is 19.3 Å². The molecule has 17 heavy (non-hydrogen) atoms. The van der Waals surface area contributed by atoms with Crippen molar-refractivity contribution in [2.24, 2.45) is 5.92 Å². The molecule has 2 atom stereocenters. The number of fused-ring (bicyclic) bond motifs is 1. The Morgan fingerprint density at radius 1 is 1.35 bits per heavy atom. The lowest BCUT2D eigenvalue weighted by atomic mass is 10.1. The van der Waals surface area contributed by atoms with Crippen LogP contribution in [0.15, 0.2) is 24.3 Å². The number of nitrogens with zero attached hydrogens (tertiary/aromatic N) is 1. The molecule has 90 valence electrons. The van der Waals surface area contributed by atoms with E-state index in [0.717, 1.165) is 29.8 Å². The number of H-pyrrole nitrogens is 1. The summed E-state index contributed by atoms with van der Waals surface area (Å²) in [4.78, 5) is 7.76. The van der Waals surface area contributed by atoms with E-state index in [1.165, 1.54) is 6.42 Å². The molecule has 0 amide bonds. The molecule has 1 heterocycles. The monoisotopic (exact) mass is 231 g/mol. The lowest BCUT2D eigenvalue weighted by Crippen LogP contribution is -2.26. The normalized spacial score (nSPS) is 24.3. The molecule has 1 aliphatic carbocycles. The highest BCUT2D eigenvalue weighted by Crippen LogP contribution is 2.27. The van der Waals surface area contributed by atoms with Gasteiger partial charge in [0.2, 0.25) is 5.95 Å². The Bertz CT molecular complexity index is 475. The predicted molar refractivity (Wildman–Crippen MR) is 67.9 cm³/mol. The van der Waals surface area contributed by atoms with Gasteiger partial charge >= 0.3 is 0 Å². The first-order valence-electron chi connectivity index (χ1n) is 6.19. The van der Waals surface area contributed by atoms with Gasteiger partial charge in [-0.15, -0.1) is 0 Å². The zero-order chi connectivity index (χ0) is 11.7. The number of nitrogens with one attached hydrogen (secondary N) is 2. The van der Waals surface area contributed by atoms with E-state index in [-0.39, 0.29) is 6.61 Å². The number of benzene rings is 1. The molecule has 2 aromatic rings. The van der Waals surface area contributed by atoms with Crippen LogP contribution < -0.4 is 5.32 Å². The number of hydrogen-bond acceptors (Lipinski definition) is 3. The van der Waals surface area contributed by atoms with Crippen LogP contribution in [0.2, 0.25) is 0 Å². The van der Waals surface area contributed by atoms with Gasteiger partial charge < -0.3 is 15.4 Å². The van der Waals surface area contributed by atoms with E-state index in [1.54, 1.807) is 0 Å². The molecule has 3 N–H and O–H groups in total. The standard InChI is InChI=1S/C13H17N3O/c17-8-9-4-3-7-10(9)14-13-15-11-5-1-2-6-12(11)16-13/h1-2,5-6,9-10,17H,3-4,7-8H2,(H2,14,15,16). The number of aromatic nitrogens is 2. The first-order chi connectivity index (χ1) is 8.36. The molecule has 0 spiro atoms. The summed E-state index contributed by atoms with van der Waals surface area (Å²) in [6, 6.07) is 8.34. The summed E-state index contributed by atoms with van der Waals surface area (Å²) < 4.78 is 0. The number of para-hydroxylation sites is 2. The number of aliphatic hydroxyl groups is 1. The van der Waals surface area contributed by atoms with Gasteiger partial charge in [-0.2, -0.15) is 0 Å². The van der Waals surface area contributed by atoms with Crippen molar-refractivity contribution in [3.8, 4) is 0 Å². The molecular formula is C13H17N3O. The molecule has 2 unspecified atom stereocenters. The summed E-state index contributed by atoms with van der Waals surface area (Å²) >= 11 is 0. The zero-order valence-electron chi connectivity index (χ0n) is 9.69. The predicted octanol–water partition coefficient (Wildman–Crippen LogP) is 2.14. The lowest BCUT2D eigenvalue weighted by molar-refractivity contribution is 0.222. The van der Waals surface area contributed by atoms with Gasteiger partial charge in [0, 0.05) is 18.6 Å². The fourth-order valence-corrected chi connectivity index (χ4v) is 2.64. The van der Waals surface area contributed by atoms with Crippen LogP contribution in [0.5, 0.6) is 0 Å². The Hall–Kier alpha value is -1.55. The van der Waals surface area contributed by atoms with Crippen molar-refractivity contribution in [3.63, 3.8) is 0 Å². The van der Waals surface area contributed by atoms with Gasteiger partial charge in [0.25, 0.3) is 0 Å². The van der Waals surface area contributed by atoms with Crippen molar-refractivity contribution >= 4 is 17.0 Å². The van der Waals surface area contributed by atoms with Gasteiger partial charge in [0.15, 0.2) is 0 Å². The second-order valence-electron chi connectivity index (χ2n) is 4.73. The minimum absolute atomic E-state index is 0.262. The first kappa shape index (κ1) is 10.6. The summed E-state index contributed by atoms with van der Waals surface area (Å²) in [6.07, 6.45) is 3.40. The molecule has 1 saturated carbocycles. The molecule has 1 fully saturated rings. The molecule has 0 aliphatic heterocycles. The van der Waals surface area contributed by atoms with E-state index in [2.05, 4.69) is 15.3 Å². The summed E-state index contributed by atoms with van der Waals surface area (Å²) in [6.45, 7) is 0.262. The van der Waals surface area contributed by atoms with Crippen molar-refractivity contribution in [1.29, 1.82) is 0 Å². The molecule has 1 aliphatic rings. The molecule has 4 nitrogen and oxygen atoms in total. The maximum absolute atomic E-state index is 9.28. The molecule has 0 radical (unpaired) electrons. The van der Waals surface area contributed by atoms with Crippen LogP contribution in [0, 0.1) is 5.92 Å². The van der Waals surface area contributed by atoms with Gasteiger partial charge in [-0.05, 0) is 25.0 Å². The molecule has 4 heteroatoms. The van der Waals surface area contributed by atoms with E-state index in [0.29, 0.717) is 12.0 Å². The molecule has 0 saturated heterocycles. The second-order valence-corrected chi connectivity index (χ2v) is 4.73. The van der Waals surface area contributed by atoms with Gasteiger partial charge in [0.05, 0.1) is 11.0 Å². The minimum atomic E-state index is 0.262. The van der Waals surface area contributed by atoms with E-state index >= 15 is 0 Å². The average molecular weight is 231 g/mol. The Kier molecular flexibility index (Phi) is 2.73. The van der Waals surface area contributed by atoms with E-state index < -0.39 is 0 Å². The first-order valence-corrected chi connectivity index (χ1v) is 6.19. The fourth-order valence-electron chi connectivity index (χ4n) is 2.64. The topological polar surface area (TPSA) is 60.9 Å². The maximum Gasteiger partial charge on any atom is 0.201 e. The fraction of sp³-hybridized carbons (Fsp3) is 0.462. The van der Waals surface area contributed by atoms with Crippen molar-refractivity contribution in [1.82, 2.24) is 9.97 Å². The van der Waals surface area contributed by atoms with E-state index in [4.69, 9.17) is 0 Å². The molecule has 1 aromatic heterocycles. The third-order valence-corrected chi connectivity index (χ3v) is 3.61. The van der Waals surface area contributed by atoms with Crippen molar-refractivity contribution in [2.45, 2.75) is 25.3 Å². The van der Waals surface area contributed by atoms with Crippen LogP contribution in [0.4, 0.5) is 5.95 Å². The number of anilines is 1. The Morgan fingerprint density at radius 2 is 2.24 bits per heavy atom. The van der Waals surface area contributed by atoms with Crippen LogP contribution in [0.25, 0.3) is 11.0 Å². The summed E-state index contributed by atoms with van der Waals surface area (Å²) in [5.74, 6) is 1.18. The van der Waals surface area contributed by atoms with Crippen molar-refractivity contribution < 1.29 is 5.11 Å². The van der Waals surface area contributed by atoms with E-state index in [1.807, 2.05) is 24.3 Å². The van der Waals surface area contributed by atoms with Crippen LogP contribution in [-0.2, 0) is 0 Å².